The van der Waals surface area contributed by atoms with Crippen molar-refractivity contribution < 1.29 is 42.1 Å². The van der Waals surface area contributed by atoms with Gasteiger partial charge in [0, 0.05) is 12.8 Å². The third-order valence-corrected chi connectivity index (χ3v) is 16.3. The van der Waals surface area contributed by atoms with Crippen molar-refractivity contribution >= 4 is 19.8 Å². The Kier molecular flexibility index (Phi) is 69.7. The Morgan fingerprint density at radius 1 is 0.323 bits per heavy atom. The largest absolute Gasteiger partial charge is 0.472 e. The van der Waals surface area contributed by atoms with E-state index in [1.165, 1.54) is 83.5 Å². The maximum atomic E-state index is 12.9. The molecule has 0 aromatic heterocycles. The lowest BCUT2D eigenvalue weighted by Gasteiger charge is -2.24. The minimum atomic E-state index is -4.42. The minimum Gasteiger partial charge on any atom is -0.462 e. The van der Waals surface area contributed by atoms with Crippen LogP contribution in [0.3, 0.4) is 0 Å². The van der Waals surface area contributed by atoms with Gasteiger partial charge in [-0.05, 0) is 148 Å². The monoisotopic (exact) mass is 1350 g/mol. The molecule has 0 saturated heterocycles. The molecular weight excluding hydrogens is 1210 g/mol. The predicted octanol–water partition coefficient (Wildman–Crippen LogP) is 25.4. The maximum Gasteiger partial charge on any atom is 0.472 e. The summed E-state index contributed by atoms with van der Waals surface area (Å²) in [5.41, 5.74) is 0. The van der Waals surface area contributed by atoms with Crippen LogP contribution in [0.25, 0.3) is 0 Å². The summed E-state index contributed by atoms with van der Waals surface area (Å²) in [6.07, 6.45) is 117. The molecule has 0 radical (unpaired) electrons. The standard InChI is InChI=1S/C86H138NO8P/c1-6-8-10-12-14-16-18-20-22-24-26-28-30-32-34-36-38-39-40-41-42-43-44-45-46-47-49-51-53-55-57-59-61-63-65-67-69-71-73-75-77-79-86(89)95-84(83-94-96(90,91)93-81-80-87(3,4)5)82-92-85(88)78-76-74-72-70-68-66-64-62-60-58-56-54-52-50-48-37-35-33-31-29-27-25-23-21-19-17-15-13-11-9-7-2/h8-11,14-17,20-23,26-29,32-35,38-39,41-42,44-45,47,49,53,55,59,61,65,67,84H,6-7,12-13,18-19,24-25,30-31,36-37,40,43,46,48,50-52,54,56-58,60,62-64,66,68-83H2,1-5H3/p+1/b10-8-,11-9-,16-14-,17-15-,22-20-,23-21-,28-26-,29-27-,34-32-,35-33-,39-38-,42-41-,45-44-,49-47-,55-53-,61-59-,67-65-. The van der Waals surface area contributed by atoms with Crippen LogP contribution in [-0.4, -0.2) is 74.9 Å². The van der Waals surface area contributed by atoms with Crippen LogP contribution < -0.4 is 0 Å². The van der Waals surface area contributed by atoms with Crippen molar-refractivity contribution in [2.24, 2.45) is 0 Å². The second-order valence-electron chi connectivity index (χ2n) is 25.6. The first-order valence-electron chi connectivity index (χ1n) is 37.8. The molecule has 0 amide bonds. The van der Waals surface area contributed by atoms with Gasteiger partial charge in [0.2, 0.25) is 0 Å². The number of hydrogen-bond donors (Lipinski definition) is 1. The smallest absolute Gasteiger partial charge is 0.462 e. The van der Waals surface area contributed by atoms with Crippen molar-refractivity contribution in [3.8, 4) is 0 Å². The highest BCUT2D eigenvalue weighted by atomic mass is 31.2. The molecule has 9 nitrogen and oxygen atoms in total. The van der Waals surface area contributed by atoms with E-state index in [2.05, 4.69) is 220 Å². The third kappa shape index (κ3) is 77.6. The number of likely N-dealkylation sites (N-methyl/N-ethyl adjacent to an activating group) is 1. The summed E-state index contributed by atoms with van der Waals surface area (Å²) in [5, 5.41) is 0. The summed E-state index contributed by atoms with van der Waals surface area (Å²) in [4.78, 5) is 35.9. The van der Waals surface area contributed by atoms with Gasteiger partial charge in [-0.3, -0.25) is 18.6 Å². The number of phosphoric acid groups is 1. The summed E-state index contributed by atoms with van der Waals surface area (Å²) < 4.78 is 34.7. The minimum absolute atomic E-state index is 0.0162. The zero-order valence-electron chi connectivity index (χ0n) is 61.5. The molecule has 1 N–H and O–H groups in total. The Morgan fingerprint density at radius 2 is 0.562 bits per heavy atom. The van der Waals surface area contributed by atoms with Crippen LogP contribution in [0, 0.1) is 0 Å². The van der Waals surface area contributed by atoms with Crippen molar-refractivity contribution in [2.75, 3.05) is 47.5 Å². The highest BCUT2D eigenvalue weighted by Gasteiger charge is 2.27. The Hall–Kier alpha value is -5.41. The number of hydrogen-bond acceptors (Lipinski definition) is 7. The fourth-order valence-corrected chi connectivity index (χ4v) is 10.4. The van der Waals surface area contributed by atoms with Crippen LogP contribution in [0.15, 0.2) is 207 Å². The number of esters is 2. The lowest BCUT2D eigenvalue weighted by atomic mass is 10.0. The topological polar surface area (TPSA) is 108 Å². The van der Waals surface area contributed by atoms with Crippen molar-refractivity contribution in [1.82, 2.24) is 0 Å². The summed E-state index contributed by atoms with van der Waals surface area (Å²) in [5.74, 6) is -0.837. The van der Waals surface area contributed by atoms with Gasteiger partial charge >= 0.3 is 19.8 Å². The molecule has 96 heavy (non-hydrogen) atoms. The Balaban J connectivity index is 4.15. The Morgan fingerprint density at radius 3 is 0.833 bits per heavy atom. The molecule has 0 aromatic rings. The van der Waals surface area contributed by atoms with Gasteiger partial charge in [0.1, 0.15) is 19.8 Å². The lowest BCUT2D eigenvalue weighted by molar-refractivity contribution is -0.870. The van der Waals surface area contributed by atoms with E-state index in [9.17, 15) is 19.0 Å². The van der Waals surface area contributed by atoms with Crippen LogP contribution in [0.1, 0.15) is 271 Å². The number of phosphoric ester groups is 1. The van der Waals surface area contributed by atoms with E-state index < -0.39 is 26.5 Å². The van der Waals surface area contributed by atoms with Gasteiger partial charge in [-0.15, -0.1) is 0 Å². The molecule has 0 aliphatic rings. The number of carbonyl (C=O) groups is 2. The highest BCUT2D eigenvalue weighted by molar-refractivity contribution is 7.47. The molecule has 540 valence electrons. The van der Waals surface area contributed by atoms with Gasteiger partial charge in [0.15, 0.2) is 6.10 Å². The molecule has 0 saturated carbocycles. The van der Waals surface area contributed by atoms with Gasteiger partial charge in [-0.2, -0.15) is 0 Å². The van der Waals surface area contributed by atoms with Crippen LogP contribution in [0.2, 0.25) is 0 Å². The first kappa shape index (κ1) is 90.6. The van der Waals surface area contributed by atoms with Crippen molar-refractivity contribution in [3.05, 3.63) is 207 Å². The number of rotatable bonds is 67. The second-order valence-corrected chi connectivity index (χ2v) is 27.0. The predicted molar refractivity (Wildman–Crippen MR) is 417 cm³/mol. The van der Waals surface area contributed by atoms with Crippen molar-refractivity contribution in [1.29, 1.82) is 0 Å². The zero-order valence-corrected chi connectivity index (χ0v) is 62.4. The number of allylic oxidation sites excluding steroid dienone is 34. The van der Waals surface area contributed by atoms with E-state index in [0.717, 1.165) is 154 Å². The second kappa shape index (κ2) is 73.8. The average molecular weight is 1350 g/mol. The van der Waals surface area contributed by atoms with E-state index in [1.54, 1.807) is 0 Å². The maximum absolute atomic E-state index is 12.9. The van der Waals surface area contributed by atoms with Crippen molar-refractivity contribution in [2.45, 2.75) is 277 Å². The van der Waals surface area contributed by atoms with Gasteiger partial charge in [0.25, 0.3) is 0 Å². The van der Waals surface area contributed by atoms with Crippen LogP contribution >= 0.6 is 7.82 Å². The first-order chi connectivity index (χ1) is 47.0. The number of nitrogens with zero attached hydrogens (tertiary/aromatic N) is 1. The summed E-state index contributed by atoms with van der Waals surface area (Å²) in [7, 11) is 1.44. The quantitative estimate of drug-likeness (QED) is 0.0211. The molecular formula is C86H139NO8P+. The SMILES string of the molecule is CC/C=C\C/C=C\C/C=C\C/C=C\C/C=C\C/C=C\C/C=C\C/C=C\C/C=C\C/C=C\C/C=C\C/C=C\CCCCCCC(=O)OC(COC(=O)CCCCCCCCCCCCCCCCC/C=C\C/C=C\C/C=C\C/C=C\C/C=C\CC)COP(=O)(O)OCC[N+](C)(C)C. The molecule has 0 spiro atoms. The molecule has 0 rings (SSSR count). The number of quaternary nitrogens is 1. The molecule has 0 aliphatic heterocycles. The highest BCUT2D eigenvalue weighted by Crippen LogP contribution is 2.43. The molecule has 0 aliphatic carbocycles. The summed E-state index contributed by atoms with van der Waals surface area (Å²) in [6, 6.07) is 0. The van der Waals surface area contributed by atoms with Crippen LogP contribution in [-0.2, 0) is 32.7 Å². The summed E-state index contributed by atoms with van der Waals surface area (Å²) in [6.45, 7) is 4.16. The summed E-state index contributed by atoms with van der Waals surface area (Å²) >= 11 is 0. The lowest BCUT2D eigenvalue weighted by Crippen LogP contribution is -2.37. The molecule has 0 fully saturated rings. The normalized spacial score (nSPS) is 14.3. The molecule has 2 atom stereocenters. The Bertz CT molecular complexity index is 2380. The van der Waals surface area contributed by atoms with E-state index in [-0.39, 0.29) is 32.0 Å². The zero-order chi connectivity index (χ0) is 69.7. The molecule has 10 heteroatoms. The van der Waals surface area contributed by atoms with Crippen LogP contribution in [0.5, 0.6) is 0 Å². The Labute approximate surface area is 589 Å². The average Bonchev–Trinajstić information content (AvgIpc) is 2.54. The van der Waals surface area contributed by atoms with Crippen molar-refractivity contribution in [3.63, 3.8) is 0 Å². The van der Waals surface area contributed by atoms with E-state index >= 15 is 0 Å². The number of ether oxygens (including phenoxy) is 2. The van der Waals surface area contributed by atoms with Gasteiger partial charge < -0.3 is 18.9 Å². The first-order valence-corrected chi connectivity index (χ1v) is 39.3. The molecule has 0 heterocycles. The fraction of sp³-hybridized carbons (Fsp3) is 0.581. The van der Waals surface area contributed by atoms with Gasteiger partial charge in [-0.1, -0.05) is 317 Å². The van der Waals surface area contributed by atoms with E-state index in [1.807, 2.05) is 21.1 Å². The third-order valence-electron chi connectivity index (χ3n) is 15.3. The van der Waals surface area contributed by atoms with Crippen LogP contribution in [0.4, 0.5) is 0 Å². The molecule has 0 bridgehead atoms. The number of unbranched alkanes of at least 4 members (excludes halogenated alkanes) is 19. The van der Waals surface area contributed by atoms with Gasteiger partial charge in [-0.25, -0.2) is 4.57 Å². The molecule has 0 aromatic carbocycles. The fourth-order valence-electron chi connectivity index (χ4n) is 9.61. The van der Waals surface area contributed by atoms with E-state index in [0.29, 0.717) is 17.4 Å². The van der Waals surface area contributed by atoms with Gasteiger partial charge in [0.05, 0.1) is 27.7 Å². The van der Waals surface area contributed by atoms with E-state index in [4.69, 9.17) is 18.5 Å². The number of carbonyl (C=O) groups excluding carboxylic acids is 2. The molecule has 2 unspecified atom stereocenters.